The molecule has 1 aromatic carbocycles. The summed E-state index contributed by atoms with van der Waals surface area (Å²) in [5.74, 6) is 0.0728. The summed E-state index contributed by atoms with van der Waals surface area (Å²) in [4.78, 5) is 18.7. The van der Waals surface area contributed by atoms with Gasteiger partial charge in [-0.2, -0.15) is 10.0 Å². The van der Waals surface area contributed by atoms with Crippen molar-refractivity contribution < 1.29 is 4.79 Å². The predicted octanol–water partition coefficient (Wildman–Crippen LogP) is 6.80. The predicted molar refractivity (Wildman–Crippen MR) is 146 cm³/mol. The maximum absolute atomic E-state index is 13.5. The van der Waals surface area contributed by atoms with Gasteiger partial charge >= 0.3 is 0 Å². The molecule has 180 valence electrons. The lowest BCUT2D eigenvalue weighted by molar-refractivity contribution is 0.0712. The van der Waals surface area contributed by atoms with Gasteiger partial charge in [0.25, 0.3) is 5.91 Å². The Labute approximate surface area is 206 Å². The molecule has 1 amide bonds. The van der Waals surface area contributed by atoms with E-state index in [-0.39, 0.29) is 11.9 Å². The number of hydrogen-bond donors (Lipinski definition) is 0. The van der Waals surface area contributed by atoms with Crippen LogP contribution in [-0.4, -0.2) is 50.6 Å². The van der Waals surface area contributed by atoms with Crippen LogP contribution in [0.1, 0.15) is 69.6 Å². The fourth-order valence-electron chi connectivity index (χ4n) is 5.12. The minimum atomic E-state index is -1.20. The van der Waals surface area contributed by atoms with Crippen molar-refractivity contribution in [3.63, 3.8) is 0 Å². The maximum atomic E-state index is 13.5. The summed E-state index contributed by atoms with van der Waals surface area (Å²) in [6.07, 6.45) is 1.93. The van der Waals surface area contributed by atoms with Crippen molar-refractivity contribution in [2.75, 3.05) is 13.1 Å². The van der Waals surface area contributed by atoms with Gasteiger partial charge in [-0.15, -0.1) is 11.3 Å². The molecule has 1 saturated heterocycles. The van der Waals surface area contributed by atoms with E-state index in [0.29, 0.717) is 15.7 Å². The van der Waals surface area contributed by atoms with E-state index >= 15 is 0 Å². The van der Waals surface area contributed by atoms with E-state index < -0.39 is 10.0 Å². The summed E-state index contributed by atoms with van der Waals surface area (Å²) in [5, 5.41) is 7.22. The Balaban J connectivity index is 1.83. The lowest BCUT2D eigenvalue weighted by Crippen LogP contribution is -2.45. The molecule has 1 aliphatic rings. The summed E-state index contributed by atoms with van der Waals surface area (Å²) >= 11 is 1.52. The molecular formula is C28H40N2OS2. The molecule has 0 atom stereocenters. The van der Waals surface area contributed by atoms with Crippen LogP contribution in [0.15, 0.2) is 47.8 Å². The van der Waals surface area contributed by atoms with E-state index in [9.17, 15) is 4.79 Å². The van der Waals surface area contributed by atoms with Gasteiger partial charge in [-0.25, -0.2) is 0 Å². The third kappa shape index (κ3) is 6.04. The smallest absolute Gasteiger partial charge is 0.275 e. The number of amides is 1. The minimum absolute atomic E-state index is 0.0728. The van der Waals surface area contributed by atoms with Gasteiger partial charge in [0.1, 0.15) is 0 Å². The Bertz CT molecular complexity index is 912. The standard InChI is InChI=1S/C28H40N2OS2/c1-22(2)33(23(3)4,24(5)6)20-18-30(28(31)27-13-10-19-32-27)26-14-16-29(17-15-26)21-25-11-8-7-9-12-25/h7-13,19,22-24,26H,14-17,21H2,1-6H3. The highest BCUT2D eigenvalue weighted by Gasteiger charge is 2.34. The van der Waals surface area contributed by atoms with Crippen LogP contribution in [0.2, 0.25) is 0 Å². The normalized spacial score (nSPS) is 16.2. The first-order chi connectivity index (χ1) is 15.8. The van der Waals surface area contributed by atoms with E-state index in [2.05, 4.69) is 88.1 Å². The molecule has 1 aliphatic heterocycles. The molecule has 5 heteroatoms. The number of piperidine rings is 1. The molecule has 3 rings (SSSR count). The van der Waals surface area contributed by atoms with Crippen LogP contribution in [0.4, 0.5) is 0 Å². The number of carbonyl (C=O) groups is 1. The van der Waals surface area contributed by atoms with Gasteiger partial charge in [0, 0.05) is 31.7 Å². The molecule has 2 aromatic rings. The summed E-state index contributed by atoms with van der Waals surface area (Å²) in [6.45, 7) is 16.8. The van der Waals surface area contributed by atoms with Crippen LogP contribution in [0, 0.1) is 11.3 Å². The van der Waals surface area contributed by atoms with Crippen molar-refractivity contribution >= 4 is 27.3 Å². The zero-order chi connectivity index (χ0) is 24.0. The number of nitrogens with zero attached hydrogens (tertiary/aromatic N) is 2. The van der Waals surface area contributed by atoms with Gasteiger partial charge < -0.3 is 0 Å². The first-order valence-corrected chi connectivity index (χ1v) is 14.9. The topological polar surface area (TPSA) is 23.6 Å². The van der Waals surface area contributed by atoms with E-state index in [1.807, 2.05) is 22.4 Å². The van der Waals surface area contributed by atoms with Crippen LogP contribution < -0.4 is 0 Å². The number of likely N-dealkylation sites (tertiary alicyclic amines) is 1. The molecule has 0 bridgehead atoms. The Morgan fingerprint density at radius 3 is 2.12 bits per heavy atom. The van der Waals surface area contributed by atoms with Crippen molar-refractivity contribution in [3.8, 4) is 11.3 Å². The molecule has 1 fully saturated rings. The lowest BCUT2D eigenvalue weighted by atomic mass is 10.0. The molecule has 0 spiro atoms. The van der Waals surface area contributed by atoms with Crippen LogP contribution in [0.5, 0.6) is 0 Å². The van der Waals surface area contributed by atoms with Gasteiger partial charge in [0.15, 0.2) is 0 Å². The summed E-state index contributed by atoms with van der Waals surface area (Å²) in [5.41, 5.74) is 1.35. The number of rotatable bonds is 7. The van der Waals surface area contributed by atoms with Crippen LogP contribution in [0.3, 0.4) is 0 Å². The molecular weight excluding hydrogens is 444 g/mol. The molecule has 3 nitrogen and oxygen atoms in total. The molecule has 0 saturated carbocycles. The van der Waals surface area contributed by atoms with E-state index in [4.69, 9.17) is 0 Å². The first-order valence-electron chi connectivity index (χ1n) is 12.2. The maximum Gasteiger partial charge on any atom is 0.275 e. The van der Waals surface area contributed by atoms with E-state index in [1.54, 1.807) is 0 Å². The quantitative estimate of drug-likeness (QED) is 0.319. The van der Waals surface area contributed by atoms with Crippen molar-refractivity contribution in [3.05, 3.63) is 58.3 Å². The van der Waals surface area contributed by atoms with Gasteiger partial charge in [-0.3, -0.25) is 14.6 Å². The van der Waals surface area contributed by atoms with Gasteiger partial charge in [0.2, 0.25) is 0 Å². The van der Waals surface area contributed by atoms with Crippen LogP contribution in [-0.2, 0) is 6.54 Å². The molecule has 0 N–H and O–H groups in total. The van der Waals surface area contributed by atoms with Gasteiger partial charge in [-0.05, 0) is 50.9 Å². The third-order valence-electron chi connectivity index (χ3n) is 6.80. The van der Waals surface area contributed by atoms with Gasteiger partial charge in [0.05, 0.1) is 4.88 Å². The minimum Gasteiger partial charge on any atom is -0.299 e. The molecule has 0 aliphatic carbocycles. The first kappa shape index (κ1) is 25.9. The number of carbonyl (C=O) groups excluding carboxylic acids is 1. The van der Waals surface area contributed by atoms with Gasteiger partial charge in [-0.1, -0.05) is 77.9 Å². The van der Waals surface area contributed by atoms with E-state index in [0.717, 1.165) is 37.4 Å². The molecule has 1 aromatic heterocycles. The van der Waals surface area contributed by atoms with Crippen molar-refractivity contribution in [2.24, 2.45) is 0 Å². The van der Waals surface area contributed by atoms with Crippen molar-refractivity contribution in [1.82, 2.24) is 9.80 Å². The highest BCUT2D eigenvalue weighted by molar-refractivity contribution is 8.38. The average molecular weight is 485 g/mol. The lowest BCUT2D eigenvalue weighted by Gasteiger charge is -2.46. The Morgan fingerprint density at radius 1 is 1.00 bits per heavy atom. The van der Waals surface area contributed by atoms with E-state index in [1.165, 1.54) is 16.9 Å². The summed E-state index contributed by atoms with van der Waals surface area (Å²) in [6, 6.07) is 18.2. The highest BCUT2D eigenvalue weighted by Crippen LogP contribution is 2.59. The Kier molecular flexibility index (Phi) is 9.09. The Hall–Kier alpha value is -1.74. The molecule has 2 heterocycles. The second-order valence-electron chi connectivity index (χ2n) is 9.77. The molecule has 0 unspecified atom stereocenters. The Morgan fingerprint density at radius 2 is 1.61 bits per heavy atom. The van der Waals surface area contributed by atoms with Crippen LogP contribution in [0.25, 0.3) is 0 Å². The largest absolute Gasteiger partial charge is 0.299 e. The number of benzene rings is 1. The zero-order valence-corrected chi connectivity index (χ0v) is 22.7. The van der Waals surface area contributed by atoms with Crippen molar-refractivity contribution in [2.45, 2.75) is 82.7 Å². The molecule has 33 heavy (non-hydrogen) atoms. The highest BCUT2D eigenvalue weighted by atomic mass is 32.3. The summed E-state index contributed by atoms with van der Waals surface area (Å²) < 4.78 is 0. The second-order valence-corrected chi connectivity index (χ2v) is 15.3. The number of hydrogen-bond acceptors (Lipinski definition) is 3. The van der Waals surface area contributed by atoms with Crippen LogP contribution >= 0.6 is 21.4 Å². The fraction of sp³-hybridized carbons (Fsp3) is 0.536. The SMILES string of the molecule is CC(C)S(C#CN(C(=O)c1cccs1)C1CCN(Cc2ccccc2)CC1)(C(C)C)C(C)C. The summed E-state index contributed by atoms with van der Waals surface area (Å²) in [7, 11) is -1.20. The molecule has 0 radical (unpaired) electrons. The monoisotopic (exact) mass is 484 g/mol. The average Bonchev–Trinajstić information content (AvgIpc) is 3.32. The zero-order valence-electron chi connectivity index (χ0n) is 21.1. The number of thiophene rings is 1. The fourth-order valence-corrected chi connectivity index (χ4v) is 10.0. The van der Waals surface area contributed by atoms with Crippen molar-refractivity contribution in [1.29, 1.82) is 0 Å². The second kappa shape index (κ2) is 11.6. The third-order valence-corrected chi connectivity index (χ3v) is 12.8.